The Bertz CT molecular complexity index is 566. The molecule has 0 unspecified atom stereocenters. The number of fused-ring (bicyclic) bond motifs is 1. The molecule has 4 heteroatoms. The van der Waals surface area contributed by atoms with E-state index < -0.39 is 5.97 Å². The topological polar surface area (TPSA) is 49.8 Å². The fourth-order valence-electron chi connectivity index (χ4n) is 3.59. The summed E-state index contributed by atoms with van der Waals surface area (Å²) < 4.78 is 5.32. The zero-order valence-corrected chi connectivity index (χ0v) is 14.3. The SMILES string of the molecule is CCCCN1c2cc(OC)c(C(=O)O)cc2[C@H](C)CC1(C)C. The summed E-state index contributed by atoms with van der Waals surface area (Å²) in [5.74, 6) is -0.152. The number of carboxylic acid groups (broad SMARTS) is 1. The van der Waals surface area contributed by atoms with Crippen molar-refractivity contribution in [1.29, 1.82) is 0 Å². The van der Waals surface area contributed by atoms with Crippen LogP contribution in [0, 0.1) is 0 Å². The van der Waals surface area contributed by atoms with Crippen LogP contribution in [0.4, 0.5) is 5.69 Å². The molecule has 0 aliphatic carbocycles. The van der Waals surface area contributed by atoms with Crippen molar-refractivity contribution in [2.75, 3.05) is 18.6 Å². The van der Waals surface area contributed by atoms with E-state index in [0.29, 0.717) is 11.7 Å². The van der Waals surface area contributed by atoms with Crippen molar-refractivity contribution < 1.29 is 14.6 Å². The van der Waals surface area contributed by atoms with Gasteiger partial charge in [-0.25, -0.2) is 4.79 Å². The van der Waals surface area contributed by atoms with Crippen LogP contribution >= 0.6 is 0 Å². The van der Waals surface area contributed by atoms with Crippen molar-refractivity contribution in [2.45, 2.75) is 58.4 Å². The van der Waals surface area contributed by atoms with Gasteiger partial charge in [-0.05, 0) is 44.2 Å². The molecule has 0 saturated heterocycles. The maximum atomic E-state index is 11.5. The van der Waals surface area contributed by atoms with Gasteiger partial charge in [-0.1, -0.05) is 20.3 Å². The molecule has 1 atom stereocenters. The lowest BCUT2D eigenvalue weighted by Gasteiger charge is -2.48. The second-order valence-electron chi connectivity index (χ2n) is 6.84. The van der Waals surface area contributed by atoms with E-state index in [1.807, 2.05) is 6.07 Å². The molecular weight excluding hydrogens is 278 g/mol. The van der Waals surface area contributed by atoms with E-state index >= 15 is 0 Å². The highest BCUT2D eigenvalue weighted by molar-refractivity contribution is 5.92. The number of benzene rings is 1. The molecule has 2 rings (SSSR count). The van der Waals surface area contributed by atoms with Gasteiger partial charge in [-0.3, -0.25) is 0 Å². The Morgan fingerprint density at radius 1 is 1.45 bits per heavy atom. The van der Waals surface area contributed by atoms with Crippen molar-refractivity contribution in [2.24, 2.45) is 0 Å². The molecule has 0 fully saturated rings. The molecule has 1 aliphatic heterocycles. The molecule has 4 nitrogen and oxygen atoms in total. The van der Waals surface area contributed by atoms with Gasteiger partial charge in [0.1, 0.15) is 11.3 Å². The number of carboxylic acids is 1. The fourth-order valence-corrected chi connectivity index (χ4v) is 3.59. The number of hydrogen-bond acceptors (Lipinski definition) is 3. The van der Waals surface area contributed by atoms with Crippen LogP contribution in [-0.4, -0.2) is 30.3 Å². The summed E-state index contributed by atoms with van der Waals surface area (Å²) in [6.45, 7) is 9.88. The number of unbranched alkanes of at least 4 members (excludes halogenated alkanes) is 1. The molecule has 1 N–H and O–H groups in total. The van der Waals surface area contributed by atoms with Gasteiger partial charge in [0, 0.05) is 23.8 Å². The van der Waals surface area contributed by atoms with Crippen LogP contribution in [0.5, 0.6) is 5.75 Å². The second kappa shape index (κ2) is 6.19. The first-order valence-corrected chi connectivity index (χ1v) is 8.04. The van der Waals surface area contributed by atoms with E-state index in [1.54, 1.807) is 6.07 Å². The number of anilines is 1. The monoisotopic (exact) mass is 305 g/mol. The van der Waals surface area contributed by atoms with Gasteiger partial charge in [0.15, 0.2) is 0 Å². The van der Waals surface area contributed by atoms with Crippen LogP contribution in [0.15, 0.2) is 12.1 Å². The number of hydrogen-bond donors (Lipinski definition) is 1. The van der Waals surface area contributed by atoms with Crippen molar-refractivity contribution >= 4 is 11.7 Å². The molecule has 122 valence electrons. The van der Waals surface area contributed by atoms with E-state index in [2.05, 4.69) is 32.6 Å². The zero-order chi connectivity index (χ0) is 16.5. The third-order valence-electron chi connectivity index (χ3n) is 4.67. The molecule has 1 aromatic carbocycles. The first-order chi connectivity index (χ1) is 10.3. The lowest BCUT2D eigenvalue weighted by molar-refractivity contribution is 0.0693. The first-order valence-electron chi connectivity index (χ1n) is 8.04. The number of ether oxygens (including phenoxy) is 1. The minimum absolute atomic E-state index is 0.0668. The summed E-state index contributed by atoms with van der Waals surface area (Å²) in [5, 5.41) is 9.40. The van der Waals surface area contributed by atoms with Gasteiger partial charge in [0.05, 0.1) is 7.11 Å². The van der Waals surface area contributed by atoms with Crippen LogP contribution in [0.2, 0.25) is 0 Å². The maximum Gasteiger partial charge on any atom is 0.339 e. The summed E-state index contributed by atoms with van der Waals surface area (Å²) in [7, 11) is 1.53. The summed E-state index contributed by atoms with van der Waals surface area (Å²) in [5.41, 5.74) is 2.56. The van der Waals surface area contributed by atoms with Gasteiger partial charge < -0.3 is 14.7 Å². The van der Waals surface area contributed by atoms with Gasteiger partial charge in [-0.15, -0.1) is 0 Å². The Kier molecular flexibility index (Phi) is 4.69. The Labute approximate surface area is 133 Å². The van der Waals surface area contributed by atoms with Crippen LogP contribution in [0.1, 0.15) is 68.8 Å². The maximum absolute atomic E-state index is 11.5. The molecular formula is C18H27NO3. The van der Waals surface area contributed by atoms with Crippen molar-refractivity contribution in [3.63, 3.8) is 0 Å². The third kappa shape index (κ3) is 2.92. The predicted octanol–water partition coefficient (Wildman–Crippen LogP) is 4.29. The number of carbonyl (C=O) groups is 1. The Hall–Kier alpha value is -1.71. The van der Waals surface area contributed by atoms with E-state index in [1.165, 1.54) is 7.11 Å². The van der Waals surface area contributed by atoms with Crippen LogP contribution in [-0.2, 0) is 0 Å². The lowest BCUT2D eigenvalue weighted by atomic mass is 9.79. The highest BCUT2D eigenvalue weighted by Gasteiger charge is 2.37. The number of methoxy groups -OCH3 is 1. The molecule has 22 heavy (non-hydrogen) atoms. The summed E-state index contributed by atoms with van der Waals surface area (Å²) in [6, 6.07) is 3.71. The predicted molar refractivity (Wildman–Crippen MR) is 89.3 cm³/mol. The van der Waals surface area contributed by atoms with E-state index in [-0.39, 0.29) is 11.1 Å². The van der Waals surface area contributed by atoms with Gasteiger partial charge in [0.25, 0.3) is 0 Å². The molecule has 0 spiro atoms. The van der Waals surface area contributed by atoms with E-state index in [4.69, 9.17) is 4.74 Å². The Morgan fingerprint density at radius 2 is 2.14 bits per heavy atom. The molecule has 1 aromatic rings. The summed E-state index contributed by atoms with van der Waals surface area (Å²) in [6.07, 6.45) is 3.29. The molecule has 0 aromatic heterocycles. The fraction of sp³-hybridized carbons (Fsp3) is 0.611. The van der Waals surface area contributed by atoms with Crippen LogP contribution < -0.4 is 9.64 Å². The molecule has 0 saturated carbocycles. The molecule has 1 heterocycles. The normalized spacial score (nSPS) is 19.7. The Morgan fingerprint density at radius 3 is 2.68 bits per heavy atom. The van der Waals surface area contributed by atoms with Crippen LogP contribution in [0.25, 0.3) is 0 Å². The number of aromatic carboxylic acids is 1. The summed E-state index contributed by atoms with van der Waals surface area (Å²) in [4.78, 5) is 13.9. The zero-order valence-electron chi connectivity index (χ0n) is 14.3. The largest absolute Gasteiger partial charge is 0.496 e. The first kappa shape index (κ1) is 16.7. The van der Waals surface area contributed by atoms with Crippen LogP contribution in [0.3, 0.4) is 0 Å². The highest BCUT2D eigenvalue weighted by atomic mass is 16.5. The van der Waals surface area contributed by atoms with Crippen molar-refractivity contribution in [1.82, 2.24) is 0 Å². The minimum atomic E-state index is -0.934. The molecule has 0 radical (unpaired) electrons. The standard InChI is InChI=1S/C18H27NO3/c1-6-7-8-19-15-10-16(22-5)14(17(20)21)9-13(15)12(2)11-18(19,3)4/h9-10,12H,6-8,11H2,1-5H3,(H,20,21)/t12-/m1/s1. The van der Waals surface area contributed by atoms with Gasteiger partial charge in [0.2, 0.25) is 0 Å². The summed E-state index contributed by atoms with van der Waals surface area (Å²) >= 11 is 0. The lowest BCUT2D eigenvalue weighted by Crippen LogP contribution is -2.48. The van der Waals surface area contributed by atoms with E-state index in [9.17, 15) is 9.90 Å². The quantitative estimate of drug-likeness (QED) is 0.882. The molecule has 0 amide bonds. The van der Waals surface area contributed by atoms with Crippen molar-refractivity contribution in [3.8, 4) is 5.75 Å². The second-order valence-corrected chi connectivity index (χ2v) is 6.84. The van der Waals surface area contributed by atoms with Gasteiger partial charge >= 0.3 is 5.97 Å². The highest BCUT2D eigenvalue weighted by Crippen LogP contribution is 2.45. The van der Waals surface area contributed by atoms with Crippen molar-refractivity contribution in [3.05, 3.63) is 23.3 Å². The Balaban J connectivity index is 2.57. The number of rotatable bonds is 5. The average Bonchev–Trinajstić information content (AvgIpc) is 2.44. The van der Waals surface area contributed by atoms with E-state index in [0.717, 1.165) is 37.1 Å². The number of nitrogens with zero attached hydrogens (tertiary/aromatic N) is 1. The average molecular weight is 305 g/mol. The minimum Gasteiger partial charge on any atom is -0.496 e. The third-order valence-corrected chi connectivity index (χ3v) is 4.67. The molecule has 1 aliphatic rings. The van der Waals surface area contributed by atoms with Gasteiger partial charge in [-0.2, -0.15) is 0 Å². The smallest absolute Gasteiger partial charge is 0.339 e. The molecule has 0 bridgehead atoms.